The maximum atomic E-state index is 13.5. The van der Waals surface area contributed by atoms with Gasteiger partial charge in [-0.05, 0) is 12.6 Å². The van der Waals surface area contributed by atoms with Crippen molar-refractivity contribution in [2.24, 2.45) is 0 Å². The fourth-order valence-corrected chi connectivity index (χ4v) is 1.89. The fourth-order valence-electron chi connectivity index (χ4n) is 1.89. The number of likely N-dealkylation sites (N-methyl/N-ethyl adjacent to an activating group) is 2. The number of carbonyl (C=O) groups is 2. The lowest BCUT2D eigenvalue weighted by Gasteiger charge is -2.23. The van der Waals surface area contributed by atoms with Gasteiger partial charge in [-0.25, -0.2) is 4.39 Å². The van der Waals surface area contributed by atoms with Gasteiger partial charge in [-0.15, -0.1) is 0 Å². The molecule has 1 N–H and O–H groups in total. The molecule has 21 heavy (non-hydrogen) atoms. The first kappa shape index (κ1) is 17.1. The van der Waals surface area contributed by atoms with Crippen LogP contribution in [-0.2, 0) is 16.1 Å². The number of halogens is 1. The molecule has 0 unspecified atom stereocenters. The first-order valence-electron chi connectivity index (χ1n) is 6.85. The fraction of sp³-hybridized carbons (Fsp3) is 0.467. The van der Waals surface area contributed by atoms with Crippen LogP contribution in [0.3, 0.4) is 0 Å². The van der Waals surface area contributed by atoms with Crippen LogP contribution in [0.25, 0.3) is 0 Å². The van der Waals surface area contributed by atoms with Crippen LogP contribution in [0.5, 0.6) is 0 Å². The minimum atomic E-state index is -0.888. The van der Waals surface area contributed by atoms with Gasteiger partial charge in [-0.3, -0.25) is 14.5 Å². The van der Waals surface area contributed by atoms with Crippen LogP contribution in [0.2, 0.25) is 0 Å². The Bertz CT molecular complexity index is 494. The molecule has 1 aromatic rings. The van der Waals surface area contributed by atoms with E-state index in [0.717, 1.165) is 0 Å². The van der Waals surface area contributed by atoms with Gasteiger partial charge in [-0.1, -0.05) is 25.1 Å². The highest BCUT2D eigenvalue weighted by Crippen LogP contribution is 2.09. The highest BCUT2D eigenvalue weighted by atomic mass is 19.1. The van der Waals surface area contributed by atoms with E-state index in [1.807, 2.05) is 6.92 Å². The standard InChI is InChI=1S/C15H21FN2O3/c1-3-18(9-8-15(20)21)11-14(19)17(2)10-12-6-4-5-7-13(12)16/h4-7H,3,8-11H2,1-2H3,(H,20,21). The zero-order valence-electron chi connectivity index (χ0n) is 12.4. The molecule has 1 rings (SSSR count). The van der Waals surface area contributed by atoms with Gasteiger partial charge in [0.15, 0.2) is 0 Å². The number of rotatable bonds is 8. The van der Waals surface area contributed by atoms with Crippen LogP contribution >= 0.6 is 0 Å². The van der Waals surface area contributed by atoms with Gasteiger partial charge in [-0.2, -0.15) is 0 Å². The predicted octanol–water partition coefficient (Wildman–Crippen LogP) is 1.58. The second-order valence-electron chi connectivity index (χ2n) is 4.85. The third kappa shape index (κ3) is 5.91. The highest BCUT2D eigenvalue weighted by molar-refractivity contribution is 5.78. The summed E-state index contributed by atoms with van der Waals surface area (Å²) in [6, 6.07) is 6.33. The maximum absolute atomic E-state index is 13.5. The molecule has 1 amide bonds. The average Bonchev–Trinajstić information content (AvgIpc) is 2.45. The first-order chi connectivity index (χ1) is 9.93. The molecule has 0 aliphatic heterocycles. The Morgan fingerprint density at radius 1 is 1.29 bits per heavy atom. The van der Waals surface area contributed by atoms with Crippen LogP contribution in [0.1, 0.15) is 18.9 Å². The van der Waals surface area contributed by atoms with Gasteiger partial charge < -0.3 is 10.0 Å². The van der Waals surface area contributed by atoms with Crippen LogP contribution in [0.15, 0.2) is 24.3 Å². The summed E-state index contributed by atoms with van der Waals surface area (Å²) in [5.74, 6) is -1.39. The number of nitrogens with zero attached hydrogens (tertiary/aromatic N) is 2. The van der Waals surface area contributed by atoms with Gasteiger partial charge in [0.05, 0.1) is 13.0 Å². The van der Waals surface area contributed by atoms with Crippen molar-refractivity contribution in [3.63, 3.8) is 0 Å². The Hall–Kier alpha value is -1.95. The second kappa shape index (κ2) is 8.36. The van der Waals surface area contributed by atoms with Crippen LogP contribution in [0, 0.1) is 5.82 Å². The number of carboxylic acid groups (broad SMARTS) is 1. The van der Waals surface area contributed by atoms with Crippen molar-refractivity contribution in [2.75, 3.05) is 26.7 Å². The lowest BCUT2D eigenvalue weighted by Crippen LogP contribution is -2.39. The van der Waals surface area contributed by atoms with E-state index in [1.54, 1.807) is 30.1 Å². The van der Waals surface area contributed by atoms with Crippen LogP contribution in [-0.4, -0.2) is 53.5 Å². The molecule has 0 saturated heterocycles. The Labute approximate surface area is 124 Å². The summed E-state index contributed by atoms with van der Waals surface area (Å²) in [6.45, 7) is 3.11. The quantitative estimate of drug-likeness (QED) is 0.791. The molecule has 0 aliphatic carbocycles. The minimum absolute atomic E-state index is 0.00184. The molecule has 5 nitrogen and oxygen atoms in total. The van der Waals surface area contributed by atoms with Gasteiger partial charge in [0.25, 0.3) is 0 Å². The summed E-state index contributed by atoms with van der Waals surface area (Å²) in [7, 11) is 1.61. The monoisotopic (exact) mass is 296 g/mol. The number of amides is 1. The summed E-state index contributed by atoms with van der Waals surface area (Å²) in [6.07, 6.45) is -0.00184. The smallest absolute Gasteiger partial charge is 0.304 e. The molecule has 0 heterocycles. The van der Waals surface area contributed by atoms with Gasteiger partial charge >= 0.3 is 5.97 Å². The summed E-state index contributed by atoms with van der Waals surface area (Å²) in [4.78, 5) is 25.8. The summed E-state index contributed by atoms with van der Waals surface area (Å²) < 4.78 is 13.5. The van der Waals surface area contributed by atoms with E-state index in [4.69, 9.17) is 5.11 Å². The number of aliphatic carboxylic acids is 1. The molecule has 116 valence electrons. The topological polar surface area (TPSA) is 60.9 Å². The Morgan fingerprint density at radius 3 is 2.52 bits per heavy atom. The number of carboxylic acids is 1. The Balaban J connectivity index is 2.53. The molecule has 0 radical (unpaired) electrons. The van der Waals surface area contributed by atoms with E-state index in [-0.39, 0.29) is 31.2 Å². The second-order valence-corrected chi connectivity index (χ2v) is 4.85. The summed E-state index contributed by atoms with van der Waals surface area (Å²) in [5, 5.41) is 8.66. The SMILES string of the molecule is CCN(CCC(=O)O)CC(=O)N(C)Cc1ccccc1F. The first-order valence-corrected chi connectivity index (χ1v) is 6.85. The molecule has 6 heteroatoms. The molecule has 0 aromatic heterocycles. The minimum Gasteiger partial charge on any atom is -0.481 e. The van der Waals surface area contributed by atoms with E-state index < -0.39 is 5.97 Å². The maximum Gasteiger partial charge on any atom is 0.304 e. The van der Waals surface area contributed by atoms with Crippen LogP contribution in [0.4, 0.5) is 4.39 Å². The van der Waals surface area contributed by atoms with Crippen molar-refractivity contribution in [2.45, 2.75) is 19.9 Å². The van der Waals surface area contributed by atoms with Gasteiger partial charge in [0.1, 0.15) is 5.82 Å². The number of hydrogen-bond donors (Lipinski definition) is 1. The molecule has 0 saturated carbocycles. The van der Waals surface area contributed by atoms with Crippen molar-refractivity contribution in [1.29, 1.82) is 0 Å². The zero-order chi connectivity index (χ0) is 15.8. The normalized spacial score (nSPS) is 10.7. The molecule has 0 fully saturated rings. The molecule has 0 atom stereocenters. The lowest BCUT2D eigenvalue weighted by molar-refractivity contribution is -0.138. The molecular formula is C15H21FN2O3. The van der Waals surface area contributed by atoms with Crippen LogP contribution < -0.4 is 0 Å². The molecular weight excluding hydrogens is 275 g/mol. The van der Waals surface area contributed by atoms with E-state index in [2.05, 4.69) is 0 Å². The predicted molar refractivity (Wildman–Crippen MR) is 77.2 cm³/mol. The van der Waals surface area contributed by atoms with E-state index in [9.17, 15) is 14.0 Å². The molecule has 0 bridgehead atoms. The Kier molecular flexibility index (Phi) is 6.81. The number of hydrogen-bond acceptors (Lipinski definition) is 3. The third-order valence-electron chi connectivity index (χ3n) is 3.24. The van der Waals surface area contributed by atoms with E-state index in [0.29, 0.717) is 18.7 Å². The van der Waals surface area contributed by atoms with Gasteiger partial charge in [0, 0.05) is 25.7 Å². The molecule has 1 aromatic carbocycles. The Morgan fingerprint density at radius 2 is 1.95 bits per heavy atom. The summed E-state index contributed by atoms with van der Waals surface area (Å²) >= 11 is 0. The summed E-state index contributed by atoms with van der Waals surface area (Å²) in [5.41, 5.74) is 0.460. The number of benzene rings is 1. The van der Waals surface area contributed by atoms with E-state index >= 15 is 0 Å². The third-order valence-corrected chi connectivity index (χ3v) is 3.24. The lowest BCUT2D eigenvalue weighted by atomic mass is 10.2. The van der Waals surface area contributed by atoms with Gasteiger partial charge in [0.2, 0.25) is 5.91 Å². The molecule has 0 aliphatic rings. The number of carbonyl (C=O) groups excluding carboxylic acids is 1. The zero-order valence-corrected chi connectivity index (χ0v) is 12.4. The van der Waals surface area contributed by atoms with Crippen molar-refractivity contribution in [3.8, 4) is 0 Å². The van der Waals surface area contributed by atoms with Crippen molar-refractivity contribution >= 4 is 11.9 Å². The molecule has 0 spiro atoms. The van der Waals surface area contributed by atoms with E-state index in [1.165, 1.54) is 11.0 Å². The van der Waals surface area contributed by atoms with Crippen molar-refractivity contribution < 1.29 is 19.1 Å². The average molecular weight is 296 g/mol. The van der Waals surface area contributed by atoms with Crippen molar-refractivity contribution in [1.82, 2.24) is 9.80 Å². The largest absolute Gasteiger partial charge is 0.481 e. The van der Waals surface area contributed by atoms with Crippen molar-refractivity contribution in [3.05, 3.63) is 35.6 Å². The highest BCUT2D eigenvalue weighted by Gasteiger charge is 2.15.